The van der Waals surface area contributed by atoms with Crippen LogP contribution in [0.4, 0.5) is 5.69 Å². The largest absolute Gasteiger partial charge is 0.483 e. The van der Waals surface area contributed by atoms with Gasteiger partial charge in [0.05, 0.1) is 26.3 Å². The average molecular weight is 408 g/mol. The molecule has 0 aliphatic heterocycles. The van der Waals surface area contributed by atoms with Crippen LogP contribution in [0, 0.1) is 0 Å². The third kappa shape index (κ3) is 4.68. The second-order valence-corrected chi connectivity index (χ2v) is 6.25. The van der Waals surface area contributed by atoms with Gasteiger partial charge in [0.1, 0.15) is 5.75 Å². The number of nitrogens with two attached hydrogens (primary N) is 1. The Morgan fingerprint density at radius 2 is 1.67 bits per heavy atom. The Bertz CT molecular complexity index is 812. The lowest BCUT2D eigenvalue weighted by atomic mass is 10.2. The van der Waals surface area contributed by atoms with Crippen LogP contribution in [-0.4, -0.2) is 18.4 Å². The molecule has 0 saturated heterocycles. The van der Waals surface area contributed by atoms with E-state index in [9.17, 15) is 9.59 Å². The van der Waals surface area contributed by atoms with Crippen molar-refractivity contribution >= 4 is 63.9 Å². The minimum atomic E-state index is -0.722. The number of halogens is 4. The van der Waals surface area contributed by atoms with Crippen molar-refractivity contribution in [1.29, 1.82) is 0 Å². The molecule has 3 N–H and O–H groups in total. The minimum Gasteiger partial charge on any atom is -0.483 e. The molecule has 0 aliphatic carbocycles. The molecule has 24 heavy (non-hydrogen) atoms. The van der Waals surface area contributed by atoms with Gasteiger partial charge in [-0.25, -0.2) is 0 Å². The fourth-order valence-corrected chi connectivity index (χ4v) is 2.53. The van der Waals surface area contributed by atoms with Gasteiger partial charge in [-0.3, -0.25) is 9.59 Å². The van der Waals surface area contributed by atoms with Crippen LogP contribution in [0.15, 0.2) is 30.3 Å². The van der Waals surface area contributed by atoms with Crippen molar-refractivity contribution in [3.63, 3.8) is 0 Å². The van der Waals surface area contributed by atoms with Gasteiger partial charge in [-0.1, -0.05) is 46.4 Å². The van der Waals surface area contributed by atoms with Crippen molar-refractivity contribution in [2.24, 2.45) is 5.73 Å². The second-order valence-electron chi connectivity index (χ2n) is 4.59. The fourth-order valence-electron chi connectivity index (χ4n) is 1.77. The Balaban J connectivity index is 2.07. The topological polar surface area (TPSA) is 81.4 Å². The number of ether oxygens (including phenoxy) is 1. The van der Waals surface area contributed by atoms with Crippen LogP contribution >= 0.6 is 46.4 Å². The number of amides is 2. The van der Waals surface area contributed by atoms with E-state index in [0.29, 0.717) is 5.02 Å². The Hall–Kier alpha value is -1.66. The normalized spacial score (nSPS) is 10.3. The summed E-state index contributed by atoms with van der Waals surface area (Å²) < 4.78 is 5.31. The van der Waals surface area contributed by atoms with Gasteiger partial charge in [0, 0.05) is 5.02 Å². The average Bonchev–Trinajstić information content (AvgIpc) is 2.51. The number of rotatable bonds is 5. The van der Waals surface area contributed by atoms with E-state index in [0.717, 1.165) is 0 Å². The van der Waals surface area contributed by atoms with Crippen molar-refractivity contribution in [3.8, 4) is 5.75 Å². The maximum Gasteiger partial charge on any atom is 0.262 e. The van der Waals surface area contributed by atoms with Crippen molar-refractivity contribution < 1.29 is 14.3 Å². The summed E-state index contributed by atoms with van der Waals surface area (Å²) in [5, 5.41) is 3.58. The maximum absolute atomic E-state index is 12.0. The summed E-state index contributed by atoms with van der Waals surface area (Å²) in [5.41, 5.74) is 5.60. The number of anilines is 1. The van der Waals surface area contributed by atoms with Gasteiger partial charge in [0.2, 0.25) is 0 Å². The first kappa shape index (κ1) is 18.7. The maximum atomic E-state index is 12.0. The molecule has 0 radical (unpaired) electrons. The van der Waals surface area contributed by atoms with Crippen LogP contribution in [0.25, 0.3) is 0 Å². The van der Waals surface area contributed by atoms with Crippen LogP contribution in [-0.2, 0) is 4.79 Å². The van der Waals surface area contributed by atoms with Crippen molar-refractivity contribution in [2.45, 2.75) is 0 Å². The zero-order valence-corrected chi connectivity index (χ0v) is 14.9. The van der Waals surface area contributed by atoms with E-state index >= 15 is 0 Å². The summed E-state index contributed by atoms with van der Waals surface area (Å²) >= 11 is 23.5. The summed E-state index contributed by atoms with van der Waals surface area (Å²) in [7, 11) is 0. The van der Waals surface area contributed by atoms with Gasteiger partial charge in [-0.15, -0.1) is 0 Å². The van der Waals surface area contributed by atoms with Gasteiger partial charge in [-0.05, 0) is 30.3 Å². The first-order valence-electron chi connectivity index (χ1n) is 6.44. The lowest BCUT2D eigenvalue weighted by Crippen LogP contribution is -2.22. The number of nitrogens with one attached hydrogen (secondary N) is 1. The summed E-state index contributed by atoms with van der Waals surface area (Å²) in [5.74, 6) is -1.09. The molecule has 5 nitrogen and oxygen atoms in total. The predicted molar refractivity (Wildman–Crippen MR) is 95.6 cm³/mol. The molecule has 2 aromatic rings. The molecular formula is C15H10Cl4N2O3. The standard InChI is InChI=1S/C15H10Cl4N2O3/c16-7-1-2-13(8(3-7)15(20)23)24-6-14(22)21-12-5-10(18)9(17)4-11(12)19/h1-5H,6H2,(H2,20,23)(H,21,22). The number of hydrogen-bond acceptors (Lipinski definition) is 3. The van der Waals surface area contributed by atoms with Gasteiger partial charge >= 0.3 is 0 Å². The molecule has 2 aromatic carbocycles. The van der Waals surface area contributed by atoms with E-state index in [1.165, 1.54) is 30.3 Å². The highest BCUT2D eigenvalue weighted by atomic mass is 35.5. The molecule has 0 fully saturated rings. The lowest BCUT2D eigenvalue weighted by molar-refractivity contribution is -0.118. The highest BCUT2D eigenvalue weighted by molar-refractivity contribution is 6.44. The predicted octanol–water partition coefficient (Wildman–Crippen LogP) is 4.42. The number of carbonyl (C=O) groups excluding carboxylic acids is 2. The zero-order valence-electron chi connectivity index (χ0n) is 11.9. The summed E-state index contributed by atoms with van der Waals surface area (Å²) in [4.78, 5) is 23.3. The molecule has 0 atom stereocenters. The molecule has 0 saturated carbocycles. The van der Waals surface area contributed by atoms with Crippen molar-refractivity contribution in [3.05, 3.63) is 56.0 Å². The monoisotopic (exact) mass is 406 g/mol. The van der Waals surface area contributed by atoms with Gasteiger partial charge < -0.3 is 15.8 Å². The molecule has 0 spiro atoms. The fraction of sp³-hybridized carbons (Fsp3) is 0.0667. The first-order chi connectivity index (χ1) is 11.3. The highest BCUT2D eigenvalue weighted by Gasteiger charge is 2.13. The van der Waals surface area contributed by atoms with Crippen molar-refractivity contribution in [2.75, 3.05) is 11.9 Å². The van der Waals surface area contributed by atoms with E-state index in [1.807, 2.05) is 0 Å². The van der Waals surface area contributed by atoms with Gasteiger partial charge in [0.15, 0.2) is 6.61 Å². The van der Waals surface area contributed by atoms with E-state index in [2.05, 4.69) is 5.32 Å². The molecular weight excluding hydrogens is 398 g/mol. The van der Waals surface area contributed by atoms with Gasteiger partial charge in [0.25, 0.3) is 11.8 Å². The van der Waals surface area contributed by atoms with Crippen LogP contribution in [0.2, 0.25) is 20.1 Å². The minimum absolute atomic E-state index is 0.0721. The van der Waals surface area contributed by atoms with E-state index < -0.39 is 11.8 Å². The molecule has 0 unspecified atom stereocenters. The molecule has 126 valence electrons. The SMILES string of the molecule is NC(=O)c1cc(Cl)ccc1OCC(=O)Nc1cc(Cl)c(Cl)cc1Cl. The van der Waals surface area contributed by atoms with Gasteiger partial charge in [-0.2, -0.15) is 0 Å². The first-order valence-corrected chi connectivity index (χ1v) is 7.95. The molecule has 2 amide bonds. The second kappa shape index (κ2) is 7.94. The Kier molecular flexibility index (Phi) is 6.18. The third-order valence-electron chi connectivity index (χ3n) is 2.85. The molecule has 0 aliphatic rings. The number of primary amides is 1. The Morgan fingerprint density at radius 3 is 2.33 bits per heavy atom. The number of hydrogen-bond donors (Lipinski definition) is 2. The number of benzene rings is 2. The van der Waals surface area contributed by atoms with Crippen LogP contribution in [0.5, 0.6) is 5.75 Å². The van der Waals surface area contributed by atoms with Crippen LogP contribution in [0.1, 0.15) is 10.4 Å². The summed E-state index contributed by atoms with van der Waals surface area (Å²) in [6.45, 7) is -0.377. The summed E-state index contributed by atoms with van der Waals surface area (Å²) in [6.07, 6.45) is 0. The van der Waals surface area contributed by atoms with Crippen molar-refractivity contribution in [1.82, 2.24) is 0 Å². The van der Waals surface area contributed by atoms with E-state index in [4.69, 9.17) is 56.9 Å². The van der Waals surface area contributed by atoms with Crippen LogP contribution in [0.3, 0.4) is 0 Å². The smallest absolute Gasteiger partial charge is 0.262 e. The van der Waals surface area contributed by atoms with E-state index in [-0.39, 0.29) is 38.7 Å². The van der Waals surface area contributed by atoms with Crippen LogP contribution < -0.4 is 15.8 Å². The molecule has 0 bridgehead atoms. The highest BCUT2D eigenvalue weighted by Crippen LogP contribution is 2.32. The molecule has 0 aromatic heterocycles. The summed E-state index contributed by atoms with van der Waals surface area (Å²) in [6, 6.07) is 7.14. The lowest BCUT2D eigenvalue weighted by Gasteiger charge is -2.11. The Labute approximate surface area is 157 Å². The molecule has 9 heteroatoms. The molecule has 2 rings (SSSR count). The Morgan fingerprint density at radius 1 is 1.00 bits per heavy atom. The zero-order chi connectivity index (χ0) is 17.9. The van der Waals surface area contributed by atoms with E-state index in [1.54, 1.807) is 0 Å². The third-order valence-corrected chi connectivity index (χ3v) is 4.12. The molecule has 0 heterocycles. The quantitative estimate of drug-likeness (QED) is 0.720. The number of carbonyl (C=O) groups is 2.